The van der Waals surface area contributed by atoms with E-state index in [-0.39, 0.29) is 17.2 Å². The van der Waals surface area contributed by atoms with Crippen molar-refractivity contribution in [2.24, 2.45) is 0 Å². The highest BCUT2D eigenvalue weighted by molar-refractivity contribution is 7.62. The number of rotatable bonds is 7. The standard InChI is InChI=1S/C29H22N4O2P2/c1-17-24-8-6-21(11-22(24)7-9-25(17)27-14-31-29(33-27)37-16-35)18-2-3-20-12-23(5-4-19(20)10-18)26-13-30-28(32-26)36-15-34/h2-16,36-37H,1H3,(H,30,32)(H,31,33). The first-order valence-corrected chi connectivity index (χ1v) is 13.9. The van der Waals surface area contributed by atoms with Gasteiger partial charge in [-0.1, -0.05) is 48.5 Å². The molecular formula is C29H22N4O2P2. The molecular weight excluding hydrogens is 498 g/mol. The molecule has 0 spiro atoms. The molecule has 2 atom stereocenters. The summed E-state index contributed by atoms with van der Waals surface area (Å²) < 4.78 is 0. The number of imidazole rings is 2. The third kappa shape index (κ3) is 4.51. The van der Waals surface area contributed by atoms with E-state index in [0.29, 0.717) is 11.1 Å². The fraction of sp³-hybridized carbons (Fsp3) is 0.0345. The monoisotopic (exact) mass is 520 g/mol. The fourth-order valence-corrected chi connectivity index (χ4v) is 5.65. The van der Waals surface area contributed by atoms with Gasteiger partial charge in [0.25, 0.3) is 0 Å². The summed E-state index contributed by atoms with van der Waals surface area (Å²) in [5.74, 6) is 0. The Morgan fingerprint density at radius 2 is 1.19 bits per heavy atom. The molecule has 4 aromatic carbocycles. The van der Waals surface area contributed by atoms with Gasteiger partial charge in [0.15, 0.2) is 0 Å². The van der Waals surface area contributed by atoms with E-state index in [1.54, 1.807) is 12.4 Å². The Hall–Kier alpha value is -3.98. The van der Waals surface area contributed by atoms with Crippen molar-refractivity contribution in [1.29, 1.82) is 0 Å². The van der Waals surface area contributed by atoms with Gasteiger partial charge < -0.3 is 9.97 Å². The first kappa shape index (κ1) is 23.4. The van der Waals surface area contributed by atoms with Crippen LogP contribution in [0.15, 0.2) is 79.1 Å². The van der Waals surface area contributed by atoms with Crippen molar-refractivity contribution in [3.63, 3.8) is 0 Å². The van der Waals surface area contributed by atoms with Crippen LogP contribution in [-0.2, 0) is 9.59 Å². The van der Waals surface area contributed by atoms with Crippen molar-refractivity contribution in [2.45, 2.75) is 6.92 Å². The molecule has 2 heterocycles. The van der Waals surface area contributed by atoms with E-state index in [4.69, 9.17) is 0 Å². The first-order chi connectivity index (χ1) is 18.1. The Bertz CT molecular complexity index is 1810. The van der Waals surface area contributed by atoms with E-state index >= 15 is 0 Å². The zero-order chi connectivity index (χ0) is 25.4. The van der Waals surface area contributed by atoms with Crippen LogP contribution in [0.5, 0.6) is 0 Å². The average molecular weight is 520 g/mol. The smallest absolute Gasteiger partial charge is 0.146 e. The number of hydrogen-bond donors (Lipinski definition) is 2. The van der Waals surface area contributed by atoms with Crippen LogP contribution in [0.1, 0.15) is 5.56 Å². The molecule has 6 aromatic rings. The van der Waals surface area contributed by atoms with Crippen LogP contribution in [0.25, 0.3) is 55.2 Å². The Kier molecular flexibility index (Phi) is 6.21. The first-order valence-electron chi connectivity index (χ1n) is 11.7. The lowest BCUT2D eigenvalue weighted by molar-refractivity contribution is 0.569. The predicted molar refractivity (Wildman–Crippen MR) is 156 cm³/mol. The van der Waals surface area contributed by atoms with Crippen molar-refractivity contribution in [3.05, 3.63) is 84.7 Å². The van der Waals surface area contributed by atoms with E-state index < -0.39 is 0 Å². The molecule has 8 heteroatoms. The second-order valence-corrected chi connectivity index (χ2v) is 10.8. The molecule has 0 saturated carbocycles. The van der Waals surface area contributed by atoms with E-state index in [2.05, 4.69) is 93.6 Å². The Morgan fingerprint density at radius 1 is 0.649 bits per heavy atom. The molecule has 6 nitrogen and oxygen atoms in total. The highest BCUT2D eigenvalue weighted by atomic mass is 31.1. The number of carbonyl (C=O) groups is 2. The SMILES string of the molecule is Cc1c(-c2cnc(PC=O)[nH]2)ccc2cc(-c3ccc4cc(-c5cnc(PC=O)[nH]5)ccc4c3)ccc12. The van der Waals surface area contributed by atoms with Gasteiger partial charge in [-0.25, -0.2) is 9.97 Å². The van der Waals surface area contributed by atoms with Crippen molar-refractivity contribution in [3.8, 4) is 33.6 Å². The van der Waals surface area contributed by atoms with Crippen LogP contribution in [0, 0.1) is 6.92 Å². The highest BCUT2D eigenvalue weighted by Crippen LogP contribution is 2.33. The van der Waals surface area contributed by atoms with Crippen LogP contribution >= 0.6 is 17.2 Å². The average Bonchev–Trinajstić information content (AvgIpc) is 3.59. The van der Waals surface area contributed by atoms with E-state index in [0.717, 1.165) is 56.5 Å². The molecule has 180 valence electrons. The number of hydrogen-bond acceptors (Lipinski definition) is 4. The summed E-state index contributed by atoms with van der Waals surface area (Å²) in [7, 11) is 0.0732. The Morgan fingerprint density at radius 3 is 1.89 bits per heavy atom. The predicted octanol–water partition coefficient (Wildman–Crippen LogP) is 5.74. The summed E-state index contributed by atoms with van der Waals surface area (Å²) in [4.78, 5) is 36.7. The number of aryl methyl sites for hydroxylation is 1. The summed E-state index contributed by atoms with van der Waals surface area (Å²) in [6.45, 7) is 2.12. The van der Waals surface area contributed by atoms with Crippen LogP contribution < -0.4 is 11.1 Å². The molecule has 0 aliphatic heterocycles. The Labute approximate surface area is 216 Å². The quantitative estimate of drug-likeness (QED) is 0.208. The number of aromatic amines is 2. The maximum Gasteiger partial charge on any atom is 0.146 e. The molecule has 0 radical (unpaired) electrons. The van der Waals surface area contributed by atoms with Crippen LogP contribution in [0.4, 0.5) is 0 Å². The molecule has 0 fully saturated rings. The number of benzene rings is 4. The van der Waals surface area contributed by atoms with Crippen molar-refractivity contribution in [2.75, 3.05) is 0 Å². The van der Waals surface area contributed by atoms with Crippen LogP contribution in [-0.4, -0.2) is 32.0 Å². The van der Waals surface area contributed by atoms with E-state index in [1.807, 2.05) is 0 Å². The Balaban J connectivity index is 1.32. The van der Waals surface area contributed by atoms with Crippen molar-refractivity contribution in [1.82, 2.24) is 19.9 Å². The summed E-state index contributed by atoms with van der Waals surface area (Å²) in [5.41, 5.74) is 8.88. The lowest BCUT2D eigenvalue weighted by Crippen LogP contribution is -1.98. The molecule has 0 aliphatic rings. The fourth-order valence-electron chi connectivity index (χ4n) is 4.73. The third-order valence-electron chi connectivity index (χ3n) is 6.61. The second kappa shape index (κ2) is 9.82. The number of H-pyrrole nitrogens is 2. The molecule has 0 bridgehead atoms. The van der Waals surface area contributed by atoms with Gasteiger partial charge in [0.1, 0.15) is 23.2 Å². The minimum atomic E-state index is 0.0354. The molecule has 6 rings (SSSR count). The molecule has 2 aromatic heterocycles. The largest absolute Gasteiger partial charge is 0.338 e. The number of carbonyl (C=O) groups excluding carboxylic acids is 2. The van der Waals surface area contributed by atoms with E-state index in [1.165, 1.54) is 16.3 Å². The summed E-state index contributed by atoms with van der Waals surface area (Å²) >= 11 is 0. The zero-order valence-electron chi connectivity index (χ0n) is 19.9. The normalized spacial score (nSPS) is 11.9. The number of fused-ring (bicyclic) bond motifs is 2. The third-order valence-corrected chi connectivity index (χ3v) is 7.90. The molecule has 2 N–H and O–H groups in total. The van der Waals surface area contributed by atoms with E-state index in [9.17, 15) is 9.59 Å². The lowest BCUT2D eigenvalue weighted by Gasteiger charge is -2.11. The second-order valence-electron chi connectivity index (χ2n) is 8.77. The summed E-state index contributed by atoms with van der Waals surface area (Å²) in [5, 5.41) is 4.67. The van der Waals surface area contributed by atoms with Gasteiger partial charge in [-0.15, -0.1) is 0 Å². The lowest BCUT2D eigenvalue weighted by atomic mass is 9.94. The van der Waals surface area contributed by atoms with Crippen molar-refractivity contribution >= 4 is 61.9 Å². The van der Waals surface area contributed by atoms with Gasteiger partial charge in [0.2, 0.25) is 0 Å². The van der Waals surface area contributed by atoms with Crippen molar-refractivity contribution < 1.29 is 9.59 Å². The van der Waals surface area contributed by atoms with Gasteiger partial charge in [0.05, 0.1) is 23.8 Å². The number of nitrogens with one attached hydrogen (secondary N) is 2. The minimum absolute atomic E-state index is 0.0354. The minimum Gasteiger partial charge on any atom is -0.338 e. The zero-order valence-corrected chi connectivity index (χ0v) is 21.9. The molecule has 0 saturated heterocycles. The highest BCUT2D eigenvalue weighted by Gasteiger charge is 2.11. The topological polar surface area (TPSA) is 91.5 Å². The summed E-state index contributed by atoms with van der Waals surface area (Å²) in [6, 6.07) is 25.4. The molecule has 2 unspecified atom stereocenters. The van der Waals surface area contributed by atoms with Crippen LogP contribution in [0.2, 0.25) is 0 Å². The number of aromatic nitrogens is 4. The van der Waals surface area contributed by atoms with Crippen LogP contribution in [0.3, 0.4) is 0 Å². The molecule has 0 amide bonds. The van der Waals surface area contributed by atoms with Gasteiger partial charge >= 0.3 is 0 Å². The molecule has 0 aliphatic carbocycles. The van der Waals surface area contributed by atoms with Gasteiger partial charge in [-0.2, -0.15) is 0 Å². The molecule has 37 heavy (non-hydrogen) atoms. The van der Waals surface area contributed by atoms with Gasteiger partial charge in [-0.3, -0.25) is 9.59 Å². The maximum absolute atomic E-state index is 10.8. The summed E-state index contributed by atoms with van der Waals surface area (Å²) in [6.07, 6.45) is 3.58. The maximum atomic E-state index is 10.8. The number of nitrogens with zero attached hydrogens (tertiary/aromatic N) is 2. The van der Waals surface area contributed by atoms with Gasteiger partial charge in [0, 0.05) is 28.3 Å². The van der Waals surface area contributed by atoms with Gasteiger partial charge in [-0.05, 0) is 63.4 Å².